The first kappa shape index (κ1) is 11.2. The number of fused-ring (bicyclic) bond motifs is 1. The lowest BCUT2D eigenvalue weighted by Crippen LogP contribution is -2.28. The molecule has 4 rings (SSSR count). The standard InChI is InChI=1S/C15H17N3O/c1-2-4-12-9-16-13(8-11(12)3-1)15-17-14(18-19-15)7-10-5-6-10/h1-4,10,13,16H,5-9H2. The number of rotatable bonds is 3. The van der Waals surface area contributed by atoms with Crippen molar-refractivity contribution in [3.05, 3.63) is 47.1 Å². The molecule has 0 amide bonds. The van der Waals surface area contributed by atoms with Crippen molar-refractivity contribution in [1.29, 1.82) is 0 Å². The molecule has 4 nitrogen and oxygen atoms in total. The molecule has 1 unspecified atom stereocenters. The van der Waals surface area contributed by atoms with Gasteiger partial charge < -0.3 is 9.84 Å². The second kappa shape index (κ2) is 4.46. The molecule has 98 valence electrons. The van der Waals surface area contributed by atoms with Crippen LogP contribution in [0, 0.1) is 5.92 Å². The monoisotopic (exact) mass is 255 g/mol. The quantitative estimate of drug-likeness (QED) is 0.915. The van der Waals surface area contributed by atoms with Gasteiger partial charge in [0.1, 0.15) is 0 Å². The maximum absolute atomic E-state index is 5.42. The summed E-state index contributed by atoms with van der Waals surface area (Å²) in [5.41, 5.74) is 2.75. The summed E-state index contributed by atoms with van der Waals surface area (Å²) >= 11 is 0. The van der Waals surface area contributed by atoms with E-state index in [0.717, 1.165) is 37.0 Å². The third-order valence-electron chi connectivity index (χ3n) is 4.03. The van der Waals surface area contributed by atoms with Gasteiger partial charge in [0, 0.05) is 13.0 Å². The summed E-state index contributed by atoms with van der Waals surface area (Å²) in [4.78, 5) is 4.55. The van der Waals surface area contributed by atoms with Crippen LogP contribution in [0.4, 0.5) is 0 Å². The summed E-state index contributed by atoms with van der Waals surface area (Å²) < 4.78 is 5.42. The second-order valence-corrected chi connectivity index (χ2v) is 5.60. The molecule has 0 radical (unpaired) electrons. The van der Waals surface area contributed by atoms with E-state index >= 15 is 0 Å². The fourth-order valence-corrected chi connectivity index (χ4v) is 2.70. The molecule has 2 aliphatic rings. The van der Waals surface area contributed by atoms with Crippen molar-refractivity contribution in [2.75, 3.05) is 0 Å². The van der Waals surface area contributed by atoms with E-state index in [2.05, 4.69) is 39.7 Å². The van der Waals surface area contributed by atoms with Crippen LogP contribution in [0.2, 0.25) is 0 Å². The summed E-state index contributed by atoms with van der Waals surface area (Å²) in [6.07, 6.45) is 4.55. The predicted octanol–water partition coefficient (Wildman–Crippen LogP) is 2.41. The highest BCUT2D eigenvalue weighted by Gasteiger charge is 2.27. The number of hydrogen-bond acceptors (Lipinski definition) is 4. The first-order chi connectivity index (χ1) is 9.38. The molecule has 1 aliphatic carbocycles. The predicted molar refractivity (Wildman–Crippen MR) is 70.5 cm³/mol. The molecule has 1 aliphatic heterocycles. The molecular weight excluding hydrogens is 238 g/mol. The lowest BCUT2D eigenvalue weighted by molar-refractivity contribution is 0.318. The van der Waals surface area contributed by atoms with Gasteiger partial charge in [0.25, 0.3) is 0 Å². The van der Waals surface area contributed by atoms with Gasteiger partial charge in [-0.3, -0.25) is 0 Å². The summed E-state index contributed by atoms with van der Waals surface area (Å²) in [5.74, 6) is 2.41. The summed E-state index contributed by atoms with van der Waals surface area (Å²) in [5, 5.41) is 7.58. The van der Waals surface area contributed by atoms with Gasteiger partial charge in [0.15, 0.2) is 5.82 Å². The number of nitrogens with zero attached hydrogens (tertiary/aromatic N) is 2. The van der Waals surface area contributed by atoms with E-state index in [1.165, 1.54) is 24.0 Å². The highest BCUT2D eigenvalue weighted by Crippen LogP contribution is 2.32. The Labute approximate surface area is 112 Å². The van der Waals surface area contributed by atoms with Crippen molar-refractivity contribution >= 4 is 0 Å². The first-order valence-electron chi connectivity index (χ1n) is 7.01. The normalized spacial score (nSPS) is 22.2. The molecule has 1 N–H and O–H groups in total. The fourth-order valence-electron chi connectivity index (χ4n) is 2.70. The van der Waals surface area contributed by atoms with Gasteiger partial charge in [-0.1, -0.05) is 29.4 Å². The van der Waals surface area contributed by atoms with Crippen molar-refractivity contribution < 1.29 is 4.52 Å². The maximum atomic E-state index is 5.42. The zero-order valence-corrected chi connectivity index (χ0v) is 10.8. The van der Waals surface area contributed by atoms with E-state index in [9.17, 15) is 0 Å². The number of nitrogens with one attached hydrogen (secondary N) is 1. The van der Waals surface area contributed by atoms with E-state index in [4.69, 9.17) is 4.52 Å². The summed E-state index contributed by atoms with van der Waals surface area (Å²) in [6.45, 7) is 0.876. The van der Waals surface area contributed by atoms with Gasteiger partial charge in [-0.25, -0.2) is 0 Å². The van der Waals surface area contributed by atoms with Gasteiger partial charge >= 0.3 is 0 Å². The van der Waals surface area contributed by atoms with Crippen LogP contribution in [0.1, 0.15) is 41.7 Å². The van der Waals surface area contributed by atoms with Gasteiger partial charge in [-0.05, 0) is 36.3 Å². The topological polar surface area (TPSA) is 51.0 Å². The molecule has 0 spiro atoms. The van der Waals surface area contributed by atoms with E-state index in [-0.39, 0.29) is 6.04 Å². The smallest absolute Gasteiger partial charge is 0.244 e. The first-order valence-corrected chi connectivity index (χ1v) is 7.01. The largest absolute Gasteiger partial charge is 0.338 e. The molecule has 2 aromatic rings. The fraction of sp³-hybridized carbons (Fsp3) is 0.467. The average Bonchev–Trinajstić information content (AvgIpc) is 3.14. The number of benzene rings is 1. The van der Waals surface area contributed by atoms with Crippen molar-refractivity contribution in [3.63, 3.8) is 0 Å². The lowest BCUT2D eigenvalue weighted by Gasteiger charge is -2.23. The maximum Gasteiger partial charge on any atom is 0.244 e. The molecule has 0 saturated heterocycles. The Morgan fingerprint density at radius 2 is 2.05 bits per heavy atom. The average molecular weight is 255 g/mol. The number of hydrogen-bond donors (Lipinski definition) is 1. The van der Waals surface area contributed by atoms with Gasteiger partial charge in [0.2, 0.25) is 5.89 Å². The minimum absolute atomic E-state index is 0.162. The molecule has 0 bridgehead atoms. The molecule has 1 atom stereocenters. The van der Waals surface area contributed by atoms with Crippen molar-refractivity contribution in [1.82, 2.24) is 15.5 Å². The third kappa shape index (κ3) is 2.28. The zero-order chi connectivity index (χ0) is 12.7. The summed E-state index contributed by atoms with van der Waals surface area (Å²) in [7, 11) is 0. The van der Waals surface area contributed by atoms with Crippen molar-refractivity contribution in [3.8, 4) is 0 Å². The SMILES string of the molecule is c1ccc2c(c1)CNC(c1nc(CC3CC3)no1)C2. The van der Waals surface area contributed by atoms with Crippen molar-refractivity contribution in [2.45, 2.75) is 38.3 Å². The molecule has 4 heteroatoms. The zero-order valence-electron chi connectivity index (χ0n) is 10.8. The van der Waals surface area contributed by atoms with Gasteiger partial charge in [-0.15, -0.1) is 0 Å². The Bertz CT molecular complexity index is 589. The molecule has 2 heterocycles. The lowest BCUT2D eigenvalue weighted by atomic mass is 9.96. The Morgan fingerprint density at radius 3 is 2.89 bits per heavy atom. The highest BCUT2D eigenvalue weighted by atomic mass is 16.5. The van der Waals surface area contributed by atoms with E-state index in [1.54, 1.807) is 0 Å². The van der Waals surface area contributed by atoms with Crippen LogP contribution in [0.5, 0.6) is 0 Å². The van der Waals surface area contributed by atoms with Crippen LogP contribution < -0.4 is 5.32 Å². The molecular formula is C15H17N3O. The van der Waals surface area contributed by atoms with Crippen LogP contribution in [0.3, 0.4) is 0 Å². The Kier molecular flexibility index (Phi) is 2.62. The van der Waals surface area contributed by atoms with Gasteiger partial charge in [-0.2, -0.15) is 4.98 Å². The Morgan fingerprint density at radius 1 is 1.21 bits per heavy atom. The van der Waals surface area contributed by atoms with Gasteiger partial charge in [0.05, 0.1) is 6.04 Å². The number of aromatic nitrogens is 2. The van der Waals surface area contributed by atoms with Crippen LogP contribution in [0.25, 0.3) is 0 Å². The van der Waals surface area contributed by atoms with E-state index in [1.807, 2.05) is 0 Å². The highest BCUT2D eigenvalue weighted by molar-refractivity contribution is 5.30. The Balaban J connectivity index is 1.52. The summed E-state index contributed by atoms with van der Waals surface area (Å²) in [6, 6.07) is 8.69. The molecule has 1 fully saturated rings. The van der Waals surface area contributed by atoms with Crippen LogP contribution >= 0.6 is 0 Å². The Hall–Kier alpha value is -1.68. The molecule has 1 saturated carbocycles. The third-order valence-corrected chi connectivity index (χ3v) is 4.03. The van der Waals surface area contributed by atoms with Crippen molar-refractivity contribution in [2.24, 2.45) is 5.92 Å². The molecule has 19 heavy (non-hydrogen) atoms. The molecule has 1 aromatic carbocycles. The molecule has 1 aromatic heterocycles. The van der Waals surface area contributed by atoms with Crippen LogP contribution in [-0.2, 0) is 19.4 Å². The minimum atomic E-state index is 0.162. The second-order valence-electron chi connectivity index (χ2n) is 5.60. The van der Waals surface area contributed by atoms with E-state index < -0.39 is 0 Å². The van der Waals surface area contributed by atoms with E-state index in [0.29, 0.717) is 0 Å². The van der Waals surface area contributed by atoms with Crippen LogP contribution in [-0.4, -0.2) is 10.1 Å². The minimum Gasteiger partial charge on any atom is -0.338 e. The van der Waals surface area contributed by atoms with Crippen LogP contribution in [0.15, 0.2) is 28.8 Å².